The highest BCUT2D eigenvalue weighted by atomic mass is 32.1. The predicted octanol–water partition coefficient (Wildman–Crippen LogP) is 3.26. The van der Waals surface area contributed by atoms with Gasteiger partial charge < -0.3 is 9.84 Å². The third-order valence-electron chi connectivity index (χ3n) is 3.04. The van der Waals surface area contributed by atoms with Crippen LogP contribution in [0.5, 0.6) is 5.88 Å². The molecule has 1 N–H and O–H groups in total. The smallest absolute Gasteiger partial charge is 0.225 e. The van der Waals surface area contributed by atoms with E-state index < -0.39 is 0 Å². The Labute approximate surface area is 124 Å². The highest BCUT2D eigenvalue weighted by Gasteiger charge is 2.16. The number of hydrogen-bond donors (Lipinski definition) is 1. The molecular formula is C15H13FN2O2S. The minimum atomic E-state index is -0.289. The maximum absolute atomic E-state index is 14.0. The number of benzene rings is 1. The maximum atomic E-state index is 14.0. The Morgan fingerprint density at radius 1 is 1.19 bits per heavy atom. The van der Waals surface area contributed by atoms with Crippen molar-refractivity contribution in [1.29, 1.82) is 0 Å². The molecule has 108 valence electrons. The second-order valence-electron chi connectivity index (χ2n) is 4.41. The monoisotopic (exact) mass is 304 g/mol. The Morgan fingerprint density at radius 3 is 2.86 bits per heavy atom. The van der Waals surface area contributed by atoms with Gasteiger partial charge in [-0.05, 0) is 6.07 Å². The summed E-state index contributed by atoms with van der Waals surface area (Å²) < 4.78 is 19.6. The number of hydrogen-bond acceptors (Lipinski definition) is 5. The number of aliphatic hydroxyl groups is 1. The first-order valence-electron chi connectivity index (χ1n) is 6.52. The molecule has 0 radical (unpaired) electrons. The van der Waals surface area contributed by atoms with Gasteiger partial charge in [0.05, 0.1) is 12.0 Å². The molecule has 0 atom stereocenters. The molecular weight excluding hydrogens is 291 g/mol. The summed E-state index contributed by atoms with van der Waals surface area (Å²) in [4.78, 5) is 9.09. The number of halogens is 1. The molecule has 1 aromatic carbocycles. The van der Waals surface area contributed by atoms with Crippen LogP contribution in [0, 0.1) is 5.82 Å². The van der Waals surface area contributed by atoms with Crippen molar-refractivity contribution < 1.29 is 14.2 Å². The van der Waals surface area contributed by atoms with Crippen molar-refractivity contribution in [2.75, 3.05) is 13.2 Å². The summed E-state index contributed by atoms with van der Waals surface area (Å²) in [5.41, 5.74) is 1.23. The van der Waals surface area contributed by atoms with Crippen LogP contribution in [0.4, 0.5) is 4.39 Å². The quantitative estimate of drug-likeness (QED) is 0.735. The standard InChI is InChI=1S/C15H13FN2O2S/c16-12-5-2-1-4-10(12)11-8-21-15-13(11)14(17-9-18-15)20-7-3-6-19/h1-2,4-5,8-9,19H,3,6-7H2. The van der Waals surface area contributed by atoms with Crippen molar-refractivity contribution in [1.82, 2.24) is 9.97 Å². The molecule has 3 rings (SSSR count). The molecule has 4 nitrogen and oxygen atoms in total. The van der Waals surface area contributed by atoms with E-state index in [1.807, 2.05) is 5.38 Å². The van der Waals surface area contributed by atoms with Crippen LogP contribution in [0.15, 0.2) is 36.0 Å². The van der Waals surface area contributed by atoms with E-state index in [0.29, 0.717) is 29.9 Å². The van der Waals surface area contributed by atoms with Crippen LogP contribution >= 0.6 is 11.3 Å². The van der Waals surface area contributed by atoms with Crippen LogP contribution in [0.3, 0.4) is 0 Å². The van der Waals surface area contributed by atoms with Crippen LogP contribution in [-0.4, -0.2) is 28.3 Å². The number of rotatable bonds is 5. The van der Waals surface area contributed by atoms with Crippen molar-refractivity contribution in [3.63, 3.8) is 0 Å². The number of aliphatic hydroxyl groups excluding tert-OH is 1. The number of fused-ring (bicyclic) bond motifs is 1. The van der Waals surface area contributed by atoms with E-state index in [2.05, 4.69) is 9.97 Å². The fourth-order valence-electron chi connectivity index (χ4n) is 2.07. The molecule has 2 heterocycles. The molecule has 0 saturated carbocycles. The zero-order chi connectivity index (χ0) is 14.7. The van der Waals surface area contributed by atoms with E-state index in [9.17, 15) is 4.39 Å². The third-order valence-corrected chi connectivity index (χ3v) is 3.93. The van der Waals surface area contributed by atoms with Gasteiger partial charge in [-0.25, -0.2) is 14.4 Å². The molecule has 0 saturated heterocycles. The lowest BCUT2D eigenvalue weighted by molar-refractivity contribution is 0.231. The lowest BCUT2D eigenvalue weighted by Gasteiger charge is -2.07. The van der Waals surface area contributed by atoms with Crippen molar-refractivity contribution in [3.05, 3.63) is 41.8 Å². The topological polar surface area (TPSA) is 55.2 Å². The maximum Gasteiger partial charge on any atom is 0.225 e. The van der Waals surface area contributed by atoms with Crippen LogP contribution in [-0.2, 0) is 0 Å². The van der Waals surface area contributed by atoms with Gasteiger partial charge >= 0.3 is 0 Å². The first-order valence-corrected chi connectivity index (χ1v) is 7.40. The van der Waals surface area contributed by atoms with Gasteiger partial charge in [0.1, 0.15) is 17.0 Å². The van der Waals surface area contributed by atoms with Gasteiger partial charge in [-0.3, -0.25) is 0 Å². The lowest BCUT2D eigenvalue weighted by Crippen LogP contribution is -2.02. The molecule has 0 bridgehead atoms. The summed E-state index contributed by atoms with van der Waals surface area (Å²) in [6.07, 6.45) is 1.95. The lowest BCUT2D eigenvalue weighted by atomic mass is 10.1. The van der Waals surface area contributed by atoms with Gasteiger partial charge in [-0.15, -0.1) is 11.3 Å². The van der Waals surface area contributed by atoms with E-state index in [-0.39, 0.29) is 12.4 Å². The molecule has 6 heteroatoms. The predicted molar refractivity (Wildman–Crippen MR) is 80.0 cm³/mol. The van der Waals surface area contributed by atoms with Gasteiger partial charge in [-0.2, -0.15) is 0 Å². The summed E-state index contributed by atoms with van der Waals surface area (Å²) in [6, 6.07) is 6.59. The van der Waals surface area contributed by atoms with Crippen molar-refractivity contribution in [2.45, 2.75) is 6.42 Å². The average Bonchev–Trinajstić information content (AvgIpc) is 2.93. The number of ether oxygens (including phenoxy) is 1. The fourth-order valence-corrected chi connectivity index (χ4v) is 2.97. The fraction of sp³-hybridized carbons (Fsp3) is 0.200. The molecule has 0 unspecified atom stereocenters. The zero-order valence-corrected chi connectivity index (χ0v) is 11.9. The highest BCUT2D eigenvalue weighted by Crippen LogP contribution is 2.38. The van der Waals surface area contributed by atoms with E-state index in [0.717, 1.165) is 10.4 Å². The minimum absolute atomic E-state index is 0.0536. The minimum Gasteiger partial charge on any atom is -0.477 e. The molecule has 0 aliphatic rings. The molecule has 0 amide bonds. The van der Waals surface area contributed by atoms with Gasteiger partial charge in [0.25, 0.3) is 0 Å². The molecule has 0 aliphatic heterocycles. The van der Waals surface area contributed by atoms with Crippen LogP contribution < -0.4 is 4.74 Å². The summed E-state index contributed by atoms with van der Waals surface area (Å²) in [5.74, 6) is 0.135. The first kappa shape index (κ1) is 13.9. The van der Waals surface area contributed by atoms with Crippen molar-refractivity contribution >= 4 is 21.6 Å². The van der Waals surface area contributed by atoms with Gasteiger partial charge in [0.15, 0.2) is 0 Å². The Kier molecular flexibility index (Phi) is 4.08. The molecule has 0 fully saturated rings. The summed E-state index contributed by atoms with van der Waals surface area (Å²) in [6.45, 7) is 0.410. The number of aromatic nitrogens is 2. The molecule has 2 aromatic heterocycles. The molecule has 3 aromatic rings. The summed E-state index contributed by atoms with van der Waals surface area (Å²) in [5, 5.41) is 11.4. The van der Waals surface area contributed by atoms with E-state index in [1.54, 1.807) is 18.2 Å². The van der Waals surface area contributed by atoms with Gasteiger partial charge in [0.2, 0.25) is 5.88 Å². The zero-order valence-electron chi connectivity index (χ0n) is 11.1. The van der Waals surface area contributed by atoms with Crippen LogP contribution in [0.1, 0.15) is 6.42 Å². The summed E-state index contributed by atoms with van der Waals surface area (Å²) >= 11 is 1.42. The van der Waals surface area contributed by atoms with Crippen molar-refractivity contribution in [3.8, 4) is 17.0 Å². The number of thiophene rings is 1. The first-order chi connectivity index (χ1) is 10.3. The van der Waals surface area contributed by atoms with Crippen LogP contribution in [0.2, 0.25) is 0 Å². The Morgan fingerprint density at radius 2 is 2.05 bits per heavy atom. The largest absolute Gasteiger partial charge is 0.477 e. The third kappa shape index (κ3) is 2.72. The van der Waals surface area contributed by atoms with E-state index in [1.165, 1.54) is 23.7 Å². The van der Waals surface area contributed by atoms with Gasteiger partial charge in [-0.1, -0.05) is 18.2 Å². The van der Waals surface area contributed by atoms with Crippen LogP contribution in [0.25, 0.3) is 21.3 Å². The highest BCUT2D eigenvalue weighted by molar-refractivity contribution is 7.17. The van der Waals surface area contributed by atoms with E-state index in [4.69, 9.17) is 9.84 Å². The molecule has 21 heavy (non-hydrogen) atoms. The SMILES string of the molecule is OCCCOc1ncnc2scc(-c3ccccc3F)c12. The van der Waals surface area contributed by atoms with E-state index >= 15 is 0 Å². The Hall–Kier alpha value is -2.05. The van der Waals surface area contributed by atoms with Gasteiger partial charge in [0, 0.05) is 29.5 Å². The van der Waals surface area contributed by atoms with Crippen molar-refractivity contribution in [2.24, 2.45) is 0 Å². The normalized spacial score (nSPS) is 11.0. The molecule has 0 spiro atoms. The molecule has 0 aliphatic carbocycles. The second-order valence-corrected chi connectivity index (χ2v) is 5.27. The Balaban J connectivity index is 2.09. The second kappa shape index (κ2) is 6.15. The average molecular weight is 304 g/mol. The summed E-state index contributed by atoms with van der Waals surface area (Å²) in [7, 11) is 0. The Bertz CT molecular complexity index is 760. The number of nitrogens with zero attached hydrogens (tertiary/aromatic N) is 2.